The lowest BCUT2D eigenvalue weighted by atomic mass is 9.91. The van der Waals surface area contributed by atoms with E-state index in [4.69, 9.17) is 4.74 Å². The monoisotopic (exact) mass is 312 g/mol. The normalized spacial score (nSPS) is 12.2. The molecule has 0 bridgehead atoms. The molecule has 2 rings (SSSR count). The van der Waals surface area contributed by atoms with Gasteiger partial charge in [-0.2, -0.15) is 0 Å². The lowest BCUT2D eigenvalue weighted by Gasteiger charge is -2.17. The fourth-order valence-corrected chi connectivity index (χ4v) is 2.44. The van der Waals surface area contributed by atoms with Gasteiger partial charge < -0.3 is 9.84 Å². The van der Waals surface area contributed by atoms with Crippen LogP contribution in [0, 0.1) is 12.8 Å². The smallest absolute Gasteiger partial charge is 0.311 e. The molecule has 3 nitrogen and oxygen atoms in total. The third kappa shape index (κ3) is 4.85. The van der Waals surface area contributed by atoms with Gasteiger partial charge in [0.05, 0.1) is 12.5 Å². The third-order valence-electron chi connectivity index (χ3n) is 3.75. The Hall–Kier alpha value is -2.29. The van der Waals surface area contributed by atoms with Gasteiger partial charge in [0.15, 0.2) is 0 Å². The number of hydrogen-bond donors (Lipinski definition) is 1. The zero-order valence-electron chi connectivity index (χ0n) is 14.0. The van der Waals surface area contributed by atoms with Crippen LogP contribution in [-0.4, -0.2) is 17.7 Å². The topological polar surface area (TPSA) is 46.5 Å². The van der Waals surface area contributed by atoms with Crippen LogP contribution in [0.2, 0.25) is 0 Å². The number of rotatable bonds is 7. The molecule has 0 aliphatic heterocycles. The van der Waals surface area contributed by atoms with Crippen molar-refractivity contribution in [3.05, 3.63) is 65.2 Å². The fraction of sp³-hybridized carbons (Fsp3) is 0.350. The standard InChI is InChI=1S/C20H24O3/c1-14(2)13-23-19-7-5-4-6-17(19)12-18(20(21)22)16-10-8-15(3)9-11-16/h4-11,14,18H,12-13H2,1-3H3,(H,21,22). The summed E-state index contributed by atoms with van der Waals surface area (Å²) in [4.78, 5) is 11.7. The van der Waals surface area contributed by atoms with E-state index >= 15 is 0 Å². The first-order valence-electron chi connectivity index (χ1n) is 7.97. The molecule has 0 radical (unpaired) electrons. The minimum atomic E-state index is -0.812. The van der Waals surface area contributed by atoms with Crippen LogP contribution in [0.5, 0.6) is 5.75 Å². The summed E-state index contributed by atoms with van der Waals surface area (Å²) in [6.07, 6.45) is 0.423. The Morgan fingerprint density at radius 2 is 1.74 bits per heavy atom. The third-order valence-corrected chi connectivity index (χ3v) is 3.75. The van der Waals surface area contributed by atoms with Gasteiger partial charge in [0.1, 0.15) is 5.75 Å². The number of carbonyl (C=O) groups is 1. The molecule has 0 aromatic heterocycles. The predicted octanol–water partition coefficient (Wildman–Crippen LogP) is 4.44. The zero-order valence-corrected chi connectivity index (χ0v) is 14.0. The van der Waals surface area contributed by atoms with Crippen LogP contribution < -0.4 is 4.74 Å². The number of aryl methyl sites for hydroxylation is 1. The summed E-state index contributed by atoms with van der Waals surface area (Å²) in [6, 6.07) is 15.4. The Kier molecular flexibility index (Phi) is 5.80. The minimum Gasteiger partial charge on any atom is -0.493 e. The molecular formula is C20H24O3. The van der Waals surface area contributed by atoms with Crippen molar-refractivity contribution in [3.8, 4) is 5.75 Å². The average Bonchev–Trinajstić information content (AvgIpc) is 2.52. The number of benzene rings is 2. The van der Waals surface area contributed by atoms with Crippen LogP contribution in [0.15, 0.2) is 48.5 Å². The van der Waals surface area contributed by atoms with Gasteiger partial charge in [-0.3, -0.25) is 4.79 Å². The molecule has 1 N–H and O–H groups in total. The summed E-state index contributed by atoms with van der Waals surface area (Å²) in [7, 11) is 0. The van der Waals surface area contributed by atoms with E-state index in [1.807, 2.05) is 55.5 Å². The molecule has 2 aromatic rings. The lowest BCUT2D eigenvalue weighted by molar-refractivity contribution is -0.138. The van der Waals surface area contributed by atoms with Crippen LogP contribution >= 0.6 is 0 Å². The molecule has 1 unspecified atom stereocenters. The highest BCUT2D eigenvalue weighted by atomic mass is 16.5. The number of para-hydroxylation sites is 1. The van der Waals surface area contributed by atoms with E-state index in [2.05, 4.69) is 13.8 Å². The summed E-state index contributed by atoms with van der Waals surface area (Å²) >= 11 is 0. The quantitative estimate of drug-likeness (QED) is 0.822. The number of carboxylic acid groups (broad SMARTS) is 1. The average molecular weight is 312 g/mol. The number of aliphatic carboxylic acids is 1. The van der Waals surface area contributed by atoms with Crippen molar-refractivity contribution in [1.29, 1.82) is 0 Å². The molecule has 0 aliphatic carbocycles. The van der Waals surface area contributed by atoms with E-state index in [0.29, 0.717) is 18.9 Å². The van der Waals surface area contributed by atoms with E-state index in [1.54, 1.807) is 0 Å². The number of carboxylic acids is 1. The maximum Gasteiger partial charge on any atom is 0.311 e. The predicted molar refractivity (Wildman–Crippen MR) is 92.0 cm³/mol. The summed E-state index contributed by atoms with van der Waals surface area (Å²) < 4.78 is 5.84. The Balaban J connectivity index is 2.23. The van der Waals surface area contributed by atoms with Crippen molar-refractivity contribution in [1.82, 2.24) is 0 Å². The summed E-state index contributed by atoms with van der Waals surface area (Å²) in [5.74, 6) is -0.179. The molecule has 3 heteroatoms. The Labute approximate surface area is 137 Å². The van der Waals surface area contributed by atoms with Crippen LogP contribution in [0.4, 0.5) is 0 Å². The van der Waals surface area contributed by atoms with Crippen molar-refractivity contribution < 1.29 is 14.6 Å². The van der Waals surface area contributed by atoms with Crippen molar-refractivity contribution in [2.45, 2.75) is 33.1 Å². The molecule has 122 valence electrons. The van der Waals surface area contributed by atoms with Crippen LogP contribution in [0.3, 0.4) is 0 Å². The van der Waals surface area contributed by atoms with E-state index in [1.165, 1.54) is 0 Å². The lowest BCUT2D eigenvalue weighted by Crippen LogP contribution is -2.15. The first-order chi connectivity index (χ1) is 11.0. The summed E-state index contributed by atoms with van der Waals surface area (Å²) in [6.45, 7) is 6.80. The maximum absolute atomic E-state index is 11.7. The first-order valence-corrected chi connectivity index (χ1v) is 7.97. The number of hydrogen-bond acceptors (Lipinski definition) is 2. The van der Waals surface area contributed by atoms with Gasteiger partial charge in [-0.15, -0.1) is 0 Å². The highest BCUT2D eigenvalue weighted by Crippen LogP contribution is 2.27. The Morgan fingerprint density at radius 1 is 1.09 bits per heavy atom. The molecule has 2 aromatic carbocycles. The van der Waals surface area contributed by atoms with Crippen molar-refractivity contribution in [2.24, 2.45) is 5.92 Å². The molecule has 0 heterocycles. The Morgan fingerprint density at radius 3 is 2.35 bits per heavy atom. The van der Waals surface area contributed by atoms with Gasteiger partial charge in [-0.1, -0.05) is 61.9 Å². The molecule has 0 saturated heterocycles. The SMILES string of the molecule is Cc1ccc(C(Cc2ccccc2OCC(C)C)C(=O)O)cc1. The molecule has 0 amide bonds. The highest BCUT2D eigenvalue weighted by molar-refractivity contribution is 5.76. The fourth-order valence-electron chi connectivity index (χ4n) is 2.44. The highest BCUT2D eigenvalue weighted by Gasteiger charge is 2.22. The Bertz CT molecular complexity index is 644. The van der Waals surface area contributed by atoms with E-state index in [9.17, 15) is 9.90 Å². The van der Waals surface area contributed by atoms with Crippen LogP contribution in [0.25, 0.3) is 0 Å². The molecular weight excluding hydrogens is 288 g/mol. The van der Waals surface area contributed by atoms with Gasteiger partial charge in [0.2, 0.25) is 0 Å². The van der Waals surface area contributed by atoms with Crippen molar-refractivity contribution in [2.75, 3.05) is 6.61 Å². The molecule has 0 fully saturated rings. The van der Waals surface area contributed by atoms with E-state index in [0.717, 1.165) is 22.4 Å². The second kappa shape index (κ2) is 7.82. The van der Waals surface area contributed by atoms with Crippen molar-refractivity contribution in [3.63, 3.8) is 0 Å². The second-order valence-electron chi connectivity index (χ2n) is 6.32. The van der Waals surface area contributed by atoms with Gasteiger partial charge in [0, 0.05) is 0 Å². The number of ether oxygens (including phenoxy) is 1. The minimum absolute atomic E-state index is 0.423. The van der Waals surface area contributed by atoms with Gasteiger partial charge in [-0.25, -0.2) is 0 Å². The molecule has 0 spiro atoms. The summed E-state index contributed by atoms with van der Waals surface area (Å²) in [5.41, 5.74) is 2.88. The maximum atomic E-state index is 11.7. The van der Waals surface area contributed by atoms with Gasteiger partial charge in [0.25, 0.3) is 0 Å². The molecule has 1 atom stereocenters. The van der Waals surface area contributed by atoms with Crippen LogP contribution in [0.1, 0.15) is 36.5 Å². The van der Waals surface area contributed by atoms with Crippen LogP contribution in [-0.2, 0) is 11.2 Å². The zero-order chi connectivity index (χ0) is 16.8. The van der Waals surface area contributed by atoms with E-state index < -0.39 is 11.9 Å². The summed E-state index contributed by atoms with van der Waals surface area (Å²) in [5, 5.41) is 9.63. The largest absolute Gasteiger partial charge is 0.493 e. The second-order valence-corrected chi connectivity index (χ2v) is 6.32. The first kappa shape index (κ1) is 17.1. The van der Waals surface area contributed by atoms with E-state index in [-0.39, 0.29) is 0 Å². The molecule has 0 aliphatic rings. The van der Waals surface area contributed by atoms with Gasteiger partial charge in [-0.05, 0) is 36.5 Å². The molecule has 0 saturated carbocycles. The van der Waals surface area contributed by atoms with Gasteiger partial charge >= 0.3 is 5.97 Å². The molecule has 23 heavy (non-hydrogen) atoms. The van der Waals surface area contributed by atoms with Crippen molar-refractivity contribution >= 4 is 5.97 Å².